The summed E-state index contributed by atoms with van der Waals surface area (Å²) < 4.78 is 32.4. The van der Waals surface area contributed by atoms with Crippen molar-refractivity contribution in [1.82, 2.24) is 4.72 Å². The second kappa shape index (κ2) is 7.86. The SMILES string of the molecule is COc1cc(C)c(S(=O)(=O)NCC(=O)Nc2ccccc2Cl)cc1C. The number of halogens is 1. The first-order valence-electron chi connectivity index (χ1n) is 7.44. The first kappa shape index (κ1) is 19.2. The van der Waals surface area contributed by atoms with Gasteiger partial charge in [0.15, 0.2) is 0 Å². The molecule has 0 heterocycles. The maximum absolute atomic E-state index is 12.5. The smallest absolute Gasteiger partial charge is 0.241 e. The summed E-state index contributed by atoms with van der Waals surface area (Å²) >= 11 is 5.96. The minimum absolute atomic E-state index is 0.108. The van der Waals surface area contributed by atoms with Gasteiger partial charge in [-0.25, -0.2) is 13.1 Å². The number of carbonyl (C=O) groups is 1. The largest absolute Gasteiger partial charge is 0.496 e. The van der Waals surface area contributed by atoms with Gasteiger partial charge in [0.05, 0.1) is 29.3 Å². The number of sulfonamides is 1. The van der Waals surface area contributed by atoms with Crippen molar-refractivity contribution >= 4 is 33.2 Å². The summed E-state index contributed by atoms with van der Waals surface area (Å²) in [5.41, 5.74) is 1.64. The molecule has 6 nitrogen and oxygen atoms in total. The van der Waals surface area contributed by atoms with Gasteiger partial charge in [0.25, 0.3) is 0 Å². The Hall–Kier alpha value is -2.09. The Morgan fingerprint density at radius 2 is 1.84 bits per heavy atom. The lowest BCUT2D eigenvalue weighted by Gasteiger charge is -2.13. The highest BCUT2D eigenvalue weighted by molar-refractivity contribution is 7.89. The molecular weight excluding hydrogens is 364 g/mol. The second-order valence-electron chi connectivity index (χ2n) is 5.44. The second-order valence-corrected chi connectivity index (χ2v) is 7.58. The average Bonchev–Trinajstić information content (AvgIpc) is 2.57. The molecule has 2 N–H and O–H groups in total. The highest BCUT2D eigenvalue weighted by Gasteiger charge is 2.20. The Morgan fingerprint density at radius 3 is 2.48 bits per heavy atom. The third-order valence-corrected chi connectivity index (χ3v) is 5.43. The predicted octanol–water partition coefficient (Wildman–Crippen LogP) is 2.88. The van der Waals surface area contributed by atoms with Crippen LogP contribution >= 0.6 is 11.6 Å². The van der Waals surface area contributed by atoms with E-state index in [1.165, 1.54) is 13.2 Å². The molecule has 2 aromatic carbocycles. The standard InChI is InChI=1S/C17H19ClN2O4S/c1-11-9-16(12(2)8-15(11)24-3)25(22,23)19-10-17(21)20-14-7-5-4-6-13(14)18/h4-9,19H,10H2,1-3H3,(H,20,21). The minimum atomic E-state index is -3.84. The van der Waals surface area contributed by atoms with Gasteiger partial charge in [-0.15, -0.1) is 0 Å². The monoisotopic (exact) mass is 382 g/mol. The maximum atomic E-state index is 12.5. The van der Waals surface area contributed by atoms with Crippen LogP contribution in [0.5, 0.6) is 5.75 Å². The molecule has 134 valence electrons. The Kier molecular flexibility index (Phi) is 6.05. The number of benzene rings is 2. The Balaban J connectivity index is 2.10. The minimum Gasteiger partial charge on any atom is -0.496 e. The van der Waals surface area contributed by atoms with E-state index in [1.54, 1.807) is 44.2 Å². The van der Waals surface area contributed by atoms with E-state index in [4.69, 9.17) is 16.3 Å². The Bertz CT molecular complexity index is 898. The summed E-state index contributed by atoms with van der Waals surface area (Å²) in [7, 11) is -2.31. The van der Waals surface area contributed by atoms with E-state index in [-0.39, 0.29) is 4.90 Å². The molecular formula is C17H19ClN2O4S. The zero-order valence-electron chi connectivity index (χ0n) is 14.1. The van der Waals surface area contributed by atoms with Gasteiger partial charge in [-0.2, -0.15) is 0 Å². The normalized spacial score (nSPS) is 11.2. The third kappa shape index (κ3) is 4.72. The number of carbonyl (C=O) groups excluding carboxylic acids is 1. The molecule has 2 rings (SSSR count). The van der Waals surface area contributed by atoms with Gasteiger partial charge in [0, 0.05) is 0 Å². The van der Waals surface area contributed by atoms with Crippen molar-refractivity contribution in [3.05, 3.63) is 52.5 Å². The molecule has 0 fully saturated rings. The first-order chi connectivity index (χ1) is 11.7. The molecule has 0 aliphatic heterocycles. The van der Waals surface area contributed by atoms with Gasteiger partial charge in [-0.3, -0.25) is 4.79 Å². The van der Waals surface area contributed by atoms with Crippen molar-refractivity contribution in [1.29, 1.82) is 0 Å². The first-order valence-corrected chi connectivity index (χ1v) is 9.30. The number of nitrogens with one attached hydrogen (secondary N) is 2. The van der Waals surface area contributed by atoms with Crippen molar-refractivity contribution in [3.8, 4) is 5.75 Å². The number of hydrogen-bond donors (Lipinski definition) is 2. The van der Waals surface area contributed by atoms with E-state index >= 15 is 0 Å². The summed E-state index contributed by atoms with van der Waals surface area (Å²) in [5, 5.41) is 2.94. The zero-order valence-corrected chi connectivity index (χ0v) is 15.7. The number of aryl methyl sites for hydroxylation is 2. The summed E-state index contributed by atoms with van der Waals surface area (Å²) in [6, 6.07) is 9.87. The summed E-state index contributed by atoms with van der Waals surface area (Å²) in [6.45, 7) is 3.01. The van der Waals surface area contributed by atoms with Gasteiger partial charge < -0.3 is 10.1 Å². The van der Waals surface area contributed by atoms with Crippen molar-refractivity contribution in [2.24, 2.45) is 0 Å². The van der Waals surface area contributed by atoms with Crippen molar-refractivity contribution in [2.45, 2.75) is 18.7 Å². The van der Waals surface area contributed by atoms with Crippen LogP contribution in [0.4, 0.5) is 5.69 Å². The maximum Gasteiger partial charge on any atom is 0.241 e. The molecule has 8 heteroatoms. The van der Waals surface area contributed by atoms with Crippen LogP contribution in [0, 0.1) is 13.8 Å². The van der Waals surface area contributed by atoms with E-state index in [2.05, 4.69) is 10.0 Å². The zero-order chi connectivity index (χ0) is 18.6. The molecule has 0 spiro atoms. The lowest BCUT2D eigenvalue weighted by Crippen LogP contribution is -2.33. The van der Waals surface area contributed by atoms with E-state index in [0.717, 1.165) is 0 Å². The molecule has 25 heavy (non-hydrogen) atoms. The molecule has 0 unspecified atom stereocenters. The molecule has 0 aromatic heterocycles. The predicted molar refractivity (Wildman–Crippen MR) is 97.7 cm³/mol. The number of rotatable bonds is 6. The van der Waals surface area contributed by atoms with Crippen LogP contribution in [0.1, 0.15) is 11.1 Å². The summed E-state index contributed by atoms with van der Waals surface area (Å²) in [4.78, 5) is 12.1. The molecule has 0 aliphatic carbocycles. The van der Waals surface area contributed by atoms with Gasteiger partial charge in [0.1, 0.15) is 5.75 Å². The topological polar surface area (TPSA) is 84.5 Å². The van der Waals surface area contributed by atoms with E-state index < -0.39 is 22.5 Å². The van der Waals surface area contributed by atoms with Crippen LogP contribution in [0.25, 0.3) is 0 Å². The van der Waals surface area contributed by atoms with E-state index in [0.29, 0.717) is 27.6 Å². The number of anilines is 1. The van der Waals surface area contributed by atoms with Gasteiger partial charge in [0.2, 0.25) is 15.9 Å². The van der Waals surface area contributed by atoms with Gasteiger partial charge >= 0.3 is 0 Å². The number of hydrogen-bond acceptors (Lipinski definition) is 4. The van der Waals surface area contributed by atoms with Gasteiger partial charge in [-0.05, 0) is 49.2 Å². The third-order valence-electron chi connectivity index (χ3n) is 3.55. The quantitative estimate of drug-likeness (QED) is 0.804. The molecule has 1 amide bonds. The van der Waals surface area contributed by atoms with Crippen LogP contribution in [0.3, 0.4) is 0 Å². The van der Waals surface area contributed by atoms with Gasteiger partial charge in [-0.1, -0.05) is 23.7 Å². The van der Waals surface area contributed by atoms with E-state index in [9.17, 15) is 13.2 Å². The van der Waals surface area contributed by atoms with Crippen molar-refractivity contribution < 1.29 is 17.9 Å². The number of ether oxygens (including phenoxy) is 1. The lowest BCUT2D eigenvalue weighted by atomic mass is 10.1. The van der Waals surface area contributed by atoms with Crippen molar-refractivity contribution in [2.75, 3.05) is 19.0 Å². The fourth-order valence-electron chi connectivity index (χ4n) is 2.27. The highest BCUT2D eigenvalue weighted by atomic mass is 35.5. The highest BCUT2D eigenvalue weighted by Crippen LogP contribution is 2.25. The summed E-state index contributed by atoms with van der Waals surface area (Å²) in [6.07, 6.45) is 0. The Labute approximate surface area is 152 Å². The number of para-hydroxylation sites is 1. The summed E-state index contributed by atoms with van der Waals surface area (Å²) in [5.74, 6) is 0.0903. The van der Waals surface area contributed by atoms with Crippen LogP contribution in [0.15, 0.2) is 41.3 Å². The van der Waals surface area contributed by atoms with Crippen LogP contribution in [-0.2, 0) is 14.8 Å². The molecule has 2 aromatic rings. The molecule has 0 bridgehead atoms. The lowest BCUT2D eigenvalue weighted by molar-refractivity contribution is -0.115. The molecule has 0 atom stereocenters. The fraction of sp³-hybridized carbons (Fsp3) is 0.235. The molecule has 0 aliphatic rings. The fourth-order valence-corrected chi connectivity index (χ4v) is 3.74. The molecule has 0 radical (unpaired) electrons. The van der Waals surface area contributed by atoms with Crippen LogP contribution < -0.4 is 14.8 Å². The number of amides is 1. The van der Waals surface area contributed by atoms with Crippen molar-refractivity contribution in [3.63, 3.8) is 0 Å². The molecule has 0 saturated heterocycles. The van der Waals surface area contributed by atoms with E-state index in [1.807, 2.05) is 0 Å². The average molecular weight is 383 g/mol. The number of methoxy groups -OCH3 is 1. The van der Waals surface area contributed by atoms with Crippen LogP contribution in [0.2, 0.25) is 5.02 Å². The molecule has 0 saturated carbocycles. The Morgan fingerprint density at radius 1 is 1.16 bits per heavy atom. The van der Waals surface area contributed by atoms with Crippen LogP contribution in [-0.4, -0.2) is 28.0 Å².